The number of carboxylic acid groups (broad SMARTS) is 2. The number of hydrogen-bond donors (Lipinski definition) is 3. The topological polar surface area (TPSA) is 107 Å². The van der Waals surface area contributed by atoms with E-state index in [9.17, 15) is 24.6 Å². The number of aliphatic carboxylic acids is 2. The van der Waals surface area contributed by atoms with E-state index in [0.717, 1.165) is 15.7 Å². The van der Waals surface area contributed by atoms with Gasteiger partial charge in [-0.2, -0.15) is 0 Å². The number of piperazine rings is 1. The Morgan fingerprint density at radius 1 is 1.00 bits per heavy atom. The summed E-state index contributed by atoms with van der Waals surface area (Å²) in [7, 11) is 0. The minimum absolute atomic E-state index is 0.131. The molecule has 0 aromatic heterocycles. The number of carboxylic acids is 2. The summed E-state index contributed by atoms with van der Waals surface area (Å²) in [5.74, 6) is -3.12. The fourth-order valence-electron chi connectivity index (χ4n) is 2.99. The molecule has 0 radical (unpaired) electrons. The van der Waals surface area contributed by atoms with Gasteiger partial charge in [0.05, 0.1) is 0 Å². The van der Waals surface area contributed by atoms with Gasteiger partial charge in [-0.1, -0.05) is 30.3 Å². The van der Waals surface area contributed by atoms with Crippen LogP contribution in [0.5, 0.6) is 0 Å². The molecule has 2 aromatic rings. The summed E-state index contributed by atoms with van der Waals surface area (Å²) < 4.78 is 0. The molecule has 1 amide bonds. The Balaban J connectivity index is 1.96. The molecular formula is C17H16N2O5. The highest BCUT2D eigenvalue weighted by molar-refractivity contribution is 6.01. The number of benzene rings is 2. The first kappa shape index (κ1) is 15.9. The Morgan fingerprint density at radius 3 is 2.38 bits per heavy atom. The molecule has 1 heterocycles. The van der Waals surface area contributed by atoms with E-state index < -0.39 is 29.9 Å². The van der Waals surface area contributed by atoms with Crippen molar-refractivity contribution < 1.29 is 24.6 Å². The number of hydrogen-bond acceptors (Lipinski definition) is 4. The molecule has 0 spiro atoms. The summed E-state index contributed by atoms with van der Waals surface area (Å²) >= 11 is 0. The predicted molar refractivity (Wildman–Crippen MR) is 85.8 cm³/mol. The van der Waals surface area contributed by atoms with Gasteiger partial charge in [0.2, 0.25) is 0 Å². The minimum Gasteiger partial charge on any atom is -0.480 e. The van der Waals surface area contributed by atoms with E-state index in [2.05, 4.69) is 5.32 Å². The number of amides is 1. The molecule has 1 aliphatic heterocycles. The molecule has 1 fully saturated rings. The van der Waals surface area contributed by atoms with Crippen LogP contribution in [-0.4, -0.2) is 58.1 Å². The summed E-state index contributed by atoms with van der Waals surface area (Å²) in [5.41, 5.74) is 0.339. The summed E-state index contributed by atoms with van der Waals surface area (Å²) in [6.07, 6.45) is 0. The van der Waals surface area contributed by atoms with E-state index in [0.29, 0.717) is 5.56 Å². The van der Waals surface area contributed by atoms with Crippen molar-refractivity contribution in [3.8, 4) is 0 Å². The van der Waals surface area contributed by atoms with Crippen molar-refractivity contribution in [2.75, 3.05) is 13.1 Å². The minimum atomic E-state index is -1.45. The summed E-state index contributed by atoms with van der Waals surface area (Å²) in [5, 5.41) is 23.1. The lowest BCUT2D eigenvalue weighted by Gasteiger charge is -2.37. The zero-order valence-electron chi connectivity index (χ0n) is 12.7. The zero-order valence-corrected chi connectivity index (χ0v) is 12.7. The first-order valence-corrected chi connectivity index (χ1v) is 7.48. The van der Waals surface area contributed by atoms with E-state index in [1.807, 2.05) is 24.3 Å². The Bertz CT molecular complexity index is 819. The Labute approximate surface area is 137 Å². The van der Waals surface area contributed by atoms with Crippen molar-refractivity contribution in [2.45, 2.75) is 12.1 Å². The molecular weight excluding hydrogens is 312 g/mol. The van der Waals surface area contributed by atoms with Crippen molar-refractivity contribution in [2.24, 2.45) is 0 Å². The molecule has 1 aliphatic rings. The highest BCUT2D eigenvalue weighted by Crippen LogP contribution is 2.20. The van der Waals surface area contributed by atoms with Crippen LogP contribution in [0.25, 0.3) is 10.8 Å². The smallest absolute Gasteiger partial charge is 0.328 e. The SMILES string of the molecule is O=C(O)C1NCCN(C(=O)c2ccc3ccccc3c2)C1C(=O)O. The first-order valence-electron chi connectivity index (χ1n) is 7.48. The maximum atomic E-state index is 12.8. The lowest BCUT2D eigenvalue weighted by atomic mass is 10.0. The normalized spacial score (nSPS) is 20.8. The van der Waals surface area contributed by atoms with Crippen molar-refractivity contribution >= 4 is 28.6 Å². The molecule has 2 aromatic carbocycles. The molecule has 3 rings (SSSR count). The van der Waals surface area contributed by atoms with Crippen molar-refractivity contribution in [3.05, 3.63) is 48.0 Å². The second-order valence-electron chi connectivity index (χ2n) is 5.61. The van der Waals surface area contributed by atoms with Crippen LogP contribution in [0.2, 0.25) is 0 Å². The van der Waals surface area contributed by atoms with Gasteiger partial charge in [-0.05, 0) is 22.9 Å². The summed E-state index contributed by atoms with van der Waals surface area (Å²) in [6, 6.07) is 9.83. The average molecular weight is 328 g/mol. The van der Waals surface area contributed by atoms with Crippen LogP contribution < -0.4 is 5.32 Å². The van der Waals surface area contributed by atoms with E-state index in [1.54, 1.807) is 18.2 Å². The van der Waals surface area contributed by atoms with Crippen molar-refractivity contribution in [1.82, 2.24) is 10.2 Å². The highest BCUT2D eigenvalue weighted by atomic mass is 16.4. The van der Waals surface area contributed by atoms with Gasteiger partial charge in [0.15, 0.2) is 6.04 Å². The largest absolute Gasteiger partial charge is 0.480 e. The second kappa shape index (κ2) is 6.29. The fourth-order valence-corrected chi connectivity index (χ4v) is 2.99. The molecule has 1 saturated heterocycles. The van der Waals surface area contributed by atoms with Gasteiger partial charge in [0.1, 0.15) is 6.04 Å². The van der Waals surface area contributed by atoms with Gasteiger partial charge < -0.3 is 20.4 Å². The van der Waals surface area contributed by atoms with Crippen molar-refractivity contribution in [1.29, 1.82) is 0 Å². The number of nitrogens with one attached hydrogen (secondary N) is 1. The molecule has 0 bridgehead atoms. The predicted octanol–water partition coefficient (Wildman–Crippen LogP) is 0.792. The van der Waals surface area contributed by atoms with Crippen LogP contribution in [0.4, 0.5) is 0 Å². The maximum absolute atomic E-state index is 12.8. The standard InChI is InChI=1S/C17H16N2O5/c20-15(12-6-5-10-3-1-2-4-11(10)9-12)19-8-7-18-13(16(21)22)14(19)17(23)24/h1-6,9,13-14,18H,7-8H2,(H,21,22)(H,23,24). The summed E-state index contributed by atoms with van der Waals surface area (Å²) in [4.78, 5) is 36.7. The van der Waals surface area contributed by atoms with E-state index in [4.69, 9.17) is 0 Å². The second-order valence-corrected chi connectivity index (χ2v) is 5.61. The first-order chi connectivity index (χ1) is 11.5. The highest BCUT2D eigenvalue weighted by Gasteiger charge is 2.43. The van der Waals surface area contributed by atoms with Crippen molar-refractivity contribution in [3.63, 3.8) is 0 Å². The third kappa shape index (κ3) is 2.81. The van der Waals surface area contributed by atoms with Crippen LogP contribution >= 0.6 is 0 Å². The lowest BCUT2D eigenvalue weighted by molar-refractivity contribution is -0.152. The summed E-state index contributed by atoms with van der Waals surface area (Å²) in [6.45, 7) is 0.354. The number of rotatable bonds is 3. The van der Waals surface area contributed by atoms with E-state index in [-0.39, 0.29) is 13.1 Å². The van der Waals surface area contributed by atoms with Gasteiger partial charge in [0, 0.05) is 18.7 Å². The average Bonchev–Trinajstić information content (AvgIpc) is 2.59. The van der Waals surface area contributed by atoms with Gasteiger partial charge in [-0.15, -0.1) is 0 Å². The monoisotopic (exact) mass is 328 g/mol. The van der Waals surface area contributed by atoms with Crippen LogP contribution in [0.15, 0.2) is 42.5 Å². The number of carbonyl (C=O) groups is 3. The Morgan fingerprint density at radius 2 is 1.71 bits per heavy atom. The fraction of sp³-hybridized carbons (Fsp3) is 0.235. The van der Waals surface area contributed by atoms with Gasteiger partial charge in [-0.25, -0.2) is 4.79 Å². The van der Waals surface area contributed by atoms with E-state index >= 15 is 0 Å². The number of carbonyl (C=O) groups excluding carboxylic acids is 1. The van der Waals surface area contributed by atoms with Crippen LogP contribution in [-0.2, 0) is 9.59 Å². The Hall–Kier alpha value is -2.93. The van der Waals surface area contributed by atoms with Crippen LogP contribution in [0, 0.1) is 0 Å². The van der Waals surface area contributed by atoms with Gasteiger partial charge in [0.25, 0.3) is 5.91 Å². The Kier molecular flexibility index (Phi) is 4.18. The van der Waals surface area contributed by atoms with Gasteiger partial charge in [-0.3, -0.25) is 9.59 Å². The zero-order chi connectivity index (χ0) is 17.3. The molecule has 0 saturated carbocycles. The molecule has 24 heavy (non-hydrogen) atoms. The molecule has 0 aliphatic carbocycles. The third-order valence-corrected chi connectivity index (χ3v) is 4.14. The third-order valence-electron chi connectivity index (χ3n) is 4.14. The van der Waals surface area contributed by atoms with Crippen LogP contribution in [0.3, 0.4) is 0 Å². The molecule has 7 nitrogen and oxygen atoms in total. The van der Waals surface area contributed by atoms with Gasteiger partial charge >= 0.3 is 11.9 Å². The lowest BCUT2D eigenvalue weighted by Crippen LogP contribution is -2.65. The number of nitrogens with zero attached hydrogens (tertiary/aromatic N) is 1. The number of fused-ring (bicyclic) bond motifs is 1. The van der Waals surface area contributed by atoms with E-state index in [1.165, 1.54) is 0 Å². The molecule has 2 unspecified atom stereocenters. The molecule has 2 atom stereocenters. The molecule has 124 valence electrons. The maximum Gasteiger partial charge on any atom is 0.328 e. The molecule has 3 N–H and O–H groups in total. The molecule has 7 heteroatoms. The van der Waals surface area contributed by atoms with Crippen LogP contribution in [0.1, 0.15) is 10.4 Å². The quantitative estimate of drug-likeness (QED) is 0.769.